The molecule has 2 rings (SSSR count). The van der Waals surface area contributed by atoms with Gasteiger partial charge in [-0.2, -0.15) is 0 Å². The molecule has 0 spiro atoms. The number of carbonyl (C=O) groups is 1. The molecule has 1 aliphatic heterocycles. The number of fused-ring (bicyclic) bond motifs is 1. The van der Waals surface area contributed by atoms with Gasteiger partial charge in [-0.25, -0.2) is 0 Å². The Morgan fingerprint density at radius 3 is 3.06 bits per heavy atom. The van der Waals surface area contributed by atoms with E-state index in [1.54, 1.807) is 0 Å². The maximum atomic E-state index is 11.9. The average molecular weight is 297 g/mol. The van der Waals surface area contributed by atoms with Crippen molar-refractivity contribution in [2.75, 3.05) is 18.9 Å². The van der Waals surface area contributed by atoms with Crippen molar-refractivity contribution in [3.8, 4) is 0 Å². The molecule has 0 fully saturated rings. The van der Waals surface area contributed by atoms with Crippen LogP contribution in [0.15, 0.2) is 26.1 Å². The Hall–Kier alpha value is -1.23. The number of hydrogen-bond acceptors (Lipinski definition) is 4. The fraction of sp³-hybridized carbons (Fsp3) is 0.364. The van der Waals surface area contributed by atoms with E-state index in [1.165, 1.54) is 0 Å². The number of nitrogens with one attached hydrogen (secondary N) is 2. The molecule has 1 aromatic carbocycles. The minimum absolute atomic E-state index is 0.00218. The molecule has 2 N–H and O–H groups in total. The molecular formula is C11H14N4OSe. The predicted octanol–water partition coefficient (Wildman–Crippen LogP) is 1.83. The van der Waals surface area contributed by atoms with E-state index < -0.39 is 0 Å². The Morgan fingerprint density at radius 1 is 1.47 bits per heavy atom. The van der Waals surface area contributed by atoms with Crippen LogP contribution in [0.1, 0.15) is 6.92 Å². The molecule has 1 heterocycles. The summed E-state index contributed by atoms with van der Waals surface area (Å²) in [5.41, 5.74) is 2.46. The van der Waals surface area contributed by atoms with Gasteiger partial charge in [-0.3, -0.25) is 0 Å². The predicted molar refractivity (Wildman–Crippen MR) is 68.1 cm³/mol. The summed E-state index contributed by atoms with van der Waals surface area (Å²) in [6, 6.07) is 5.67. The molecule has 1 amide bonds. The molecule has 5 nitrogen and oxygen atoms in total. The summed E-state index contributed by atoms with van der Waals surface area (Å²) in [7, 11) is 1.83. The normalized spacial score (nSPS) is 14.0. The van der Waals surface area contributed by atoms with Crippen molar-refractivity contribution < 1.29 is 4.79 Å². The van der Waals surface area contributed by atoms with Gasteiger partial charge in [0.2, 0.25) is 0 Å². The molecule has 0 radical (unpaired) electrons. The van der Waals surface area contributed by atoms with Crippen molar-refractivity contribution in [2.24, 2.45) is 13.8 Å². The topological polar surface area (TPSA) is 65.8 Å². The Balaban J connectivity index is 2.13. The third-order valence-electron chi connectivity index (χ3n) is 2.50. The van der Waals surface area contributed by atoms with Gasteiger partial charge in [0.05, 0.1) is 0 Å². The Kier molecular flexibility index (Phi) is 3.89. The quantitative estimate of drug-likeness (QED) is 0.846. The van der Waals surface area contributed by atoms with Crippen LogP contribution in [-0.4, -0.2) is 34.1 Å². The first-order valence-corrected chi connectivity index (χ1v) is 6.92. The maximum absolute atomic E-state index is 11.9. The average Bonchev–Trinajstić information content (AvgIpc) is 2.78. The molecular weight excluding hydrogens is 283 g/mol. The van der Waals surface area contributed by atoms with Gasteiger partial charge in [0, 0.05) is 0 Å². The monoisotopic (exact) mass is 298 g/mol. The molecule has 1 aliphatic rings. The van der Waals surface area contributed by atoms with Crippen molar-refractivity contribution in [2.45, 2.75) is 6.92 Å². The molecule has 0 saturated heterocycles. The van der Waals surface area contributed by atoms with Gasteiger partial charge >= 0.3 is 106 Å². The molecule has 0 bridgehead atoms. The first kappa shape index (κ1) is 12.2. The van der Waals surface area contributed by atoms with Gasteiger partial charge in [-0.15, -0.1) is 0 Å². The molecule has 1 atom stereocenters. The summed E-state index contributed by atoms with van der Waals surface area (Å²) in [4.78, 5) is 11.9. The zero-order valence-corrected chi connectivity index (χ0v) is 11.4. The molecule has 0 saturated carbocycles. The van der Waals surface area contributed by atoms with Crippen molar-refractivity contribution in [1.29, 1.82) is 0 Å². The molecule has 0 aliphatic carbocycles. The summed E-state index contributed by atoms with van der Waals surface area (Å²) >= 11 is -0.0697. The first-order chi connectivity index (χ1) is 8.22. The summed E-state index contributed by atoms with van der Waals surface area (Å²) in [5, 5.41) is 5.89. The molecule has 6 heteroatoms. The van der Waals surface area contributed by atoms with Gasteiger partial charge in [0.1, 0.15) is 0 Å². The van der Waals surface area contributed by atoms with Crippen molar-refractivity contribution in [3.05, 3.63) is 18.2 Å². The number of rotatable bonds is 4. The molecule has 1 unspecified atom stereocenters. The van der Waals surface area contributed by atoms with Crippen LogP contribution >= 0.6 is 0 Å². The zero-order chi connectivity index (χ0) is 12.3. The van der Waals surface area contributed by atoms with Crippen LogP contribution < -0.4 is 10.6 Å². The Morgan fingerprint density at radius 2 is 2.29 bits per heavy atom. The molecule has 1 aromatic rings. The SMILES string of the molecule is CNCC(C)C(=O)Nc1cccc2c1N=[Se]=N2. The van der Waals surface area contributed by atoms with E-state index in [1.807, 2.05) is 32.2 Å². The number of amides is 1. The number of carbonyl (C=O) groups excluding carboxylic acids is 1. The van der Waals surface area contributed by atoms with Crippen molar-refractivity contribution in [3.63, 3.8) is 0 Å². The zero-order valence-electron chi connectivity index (χ0n) is 9.73. The van der Waals surface area contributed by atoms with E-state index in [2.05, 4.69) is 18.6 Å². The number of nitrogens with zero attached hydrogens (tertiary/aromatic N) is 2. The summed E-state index contributed by atoms with van der Waals surface area (Å²) < 4.78 is 8.60. The van der Waals surface area contributed by atoms with Crippen LogP contribution in [0.4, 0.5) is 17.1 Å². The molecule has 0 aromatic heterocycles. The molecule has 17 heavy (non-hydrogen) atoms. The van der Waals surface area contributed by atoms with Crippen LogP contribution in [-0.2, 0) is 4.79 Å². The van der Waals surface area contributed by atoms with E-state index in [0.717, 1.165) is 17.1 Å². The third-order valence-corrected chi connectivity index (χ3v) is 3.64. The second-order valence-corrected chi connectivity index (χ2v) is 4.99. The second-order valence-electron chi connectivity index (χ2n) is 3.89. The number of hydrogen-bond donors (Lipinski definition) is 2. The summed E-state index contributed by atoms with van der Waals surface area (Å²) in [6.07, 6.45) is 0. The van der Waals surface area contributed by atoms with Gasteiger partial charge in [-0.1, -0.05) is 0 Å². The van der Waals surface area contributed by atoms with Crippen LogP contribution in [0.5, 0.6) is 0 Å². The number of benzene rings is 1. The fourth-order valence-electron chi connectivity index (χ4n) is 1.56. The van der Waals surface area contributed by atoms with Gasteiger partial charge in [0.25, 0.3) is 0 Å². The van der Waals surface area contributed by atoms with Gasteiger partial charge in [0.15, 0.2) is 0 Å². The second kappa shape index (κ2) is 5.40. The Bertz CT molecular complexity index is 508. The molecule has 90 valence electrons. The van der Waals surface area contributed by atoms with Gasteiger partial charge in [-0.05, 0) is 0 Å². The van der Waals surface area contributed by atoms with E-state index >= 15 is 0 Å². The minimum atomic E-state index is -0.0697. The standard InChI is InChI=1S/C11H14N4OSe/c1-7(6-12-2)11(16)13-8-4-3-5-9-10(8)15-17-14-9/h3-5,7,12H,6H2,1-2H3,(H,13,16). The van der Waals surface area contributed by atoms with Crippen LogP contribution in [0, 0.1) is 5.92 Å². The van der Waals surface area contributed by atoms with Crippen molar-refractivity contribution in [1.82, 2.24) is 5.32 Å². The van der Waals surface area contributed by atoms with E-state index in [9.17, 15) is 4.79 Å². The Labute approximate surface area is 106 Å². The number of anilines is 1. The van der Waals surface area contributed by atoms with Crippen LogP contribution in [0.3, 0.4) is 0 Å². The van der Waals surface area contributed by atoms with Crippen molar-refractivity contribution >= 4 is 37.5 Å². The van der Waals surface area contributed by atoms with Crippen LogP contribution in [0.25, 0.3) is 0 Å². The summed E-state index contributed by atoms with van der Waals surface area (Å²) in [6.45, 7) is 2.55. The fourth-order valence-corrected chi connectivity index (χ4v) is 2.72. The first-order valence-electron chi connectivity index (χ1n) is 5.39. The third kappa shape index (κ3) is 2.72. The van der Waals surface area contributed by atoms with E-state index in [0.29, 0.717) is 6.54 Å². The van der Waals surface area contributed by atoms with E-state index in [4.69, 9.17) is 0 Å². The van der Waals surface area contributed by atoms with Crippen LogP contribution in [0.2, 0.25) is 0 Å². The van der Waals surface area contributed by atoms with Gasteiger partial charge < -0.3 is 0 Å². The summed E-state index contributed by atoms with van der Waals surface area (Å²) in [5.74, 6) is -0.0675. The van der Waals surface area contributed by atoms with E-state index in [-0.39, 0.29) is 26.4 Å².